The number of hydrogen-bond donors (Lipinski definition) is 1. The molecule has 1 aromatic rings. The molecular weight excluding hydrogens is 236 g/mol. The van der Waals surface area contributed by atoms with Gasteiger partial charge in [-0.15, -0.1) is 12.4 Å². The zero-order valence-electron chi connectivity index (χ0n) is 9.03. The van der Waals surface area contributed by atoms with Crippen molar-refractivity contribution in [2.75, 3.05) is 0 Å². The molecule has 0 amide bonds. The van der Waals surface area contributed by atoms with Gasteiger partial charge in [-0.1, -0.05) is 25.5 Å². The molecule has 0 heterocycles. The molecule has 0 saturated heterocycles. The van der Waals surface area contributed by atoms with E-state index in [1.165, 1.54) is 12.1 Å². The summed E-state index contributed by atoms with van der Waals surface area (Å²) in [6.45, 7) is -0.728. The van der Waals surface area contributed by atoms with Gasteiger partial charge in [0.25, 0.3) is 0 Å². The lowest BCUT2D eigenvalue weighted by Crippen LogP contribution is -2.09. The summed E-state index contributed by atoms with van der Waals surface area (Å²) in [6, 6.07) is 6.43. The molecule has 1 rings (SSSR count). The van der Waals surface area contributed by atoms with Crippen LogP contribution in [0.1, 0.15) is 31.4 Å². The molecule has 0 unspecified atom stereocenters. The van der Waals surface area contributed by atoms with E-state index in [0.717, 1.165) is 18.4 Å². The Kier molecular flexibility index (Phi) is 7.01. The van der Waals surface area contributed by atoms with E-state index in [1.807, 2.05) is 6.92 Å². The van der Waals surface area contributed by atoms with Crippen molar-refractivity contribution >= 4 is 12.4 Å². The van der Waals surface area contributed by atoms with Crippen molar-refractivity contribution in [3.05, 3.63) is 29.8 Å². The molecule has 5 heteroatoms. The fraction of sp³-hybridized carbons (Fsp3) is 0.455. The summed E-state index contributed by atoms with van der Waals surface area (Å²) in [6.07, 6.45) is 1.88. The molecule has 0 fully saturated rings. The van der Waals surface area contributed by atoms with Crippen molar-refractivity contribution in [1.29, 1.82) is 0 Å². The second-order valence-electron chi connectivity index (χ2n) is 3.34. The molecule has 1 atom stereocenters. The predicted molar refractivity (Wildman–Crippen MR) is 62.2 cm³/mol. The maximum Gasteiger partial charge on any atom is 0.387 e. The van der Waals surface area contributed by atoms with Crippen LogP contribution in [0.4, 0.5) is 8.78 Å². The molecule has 0 radical (unpaired) electrons. The minimum atomic E-state index is -2.78. The average Bonchev–Trinajstić information content (AvgIpc) is 2.18. The van der Waals surface area contributed by atoms with E-state index < -0.39 is 6.61 Å². The molecule has 0 aliphatic rings. The topological polar surface area (TPSA) is 35.2 Å². The third-order valence-electron chi connectivity index (χ3n) is 2.13. The van der Waals surface area contributed by atoms with E-state index >= 15 is 0 Å². The van der Waals surface area contributed by atoms with Crippen molar-refractivity contribution < 1.29 is 13.5 Å². The van der Waals surface area contributed by atoms with Gasteiger partial charge in [0.2, 0.25) is 0 Å². The number of halogens is 3. The van der Waals surface area contributed by atoms with Crippen LogP contribution in [0.3, 0.4) is 0 Å². The Balaban J connectivity index is 0.00000225. The second kappa shape index (κ2) is 7.41. The molecule has 92 valence electrons. The lowest BCUT2D eigenvalue weighted by Gasteiger charge is -2.11. The number of ether oxygens (including phenoxy) is 1. The minimum Gasteiger partial charge on any atom is -0.435 e. The Morgan fingerprint density at radius 3 is 2.25 bits per heavy atom. The normalized spacial score (nSPS) is 12.1. The fourth-order valence-corrected chi connectivity index (χ4v) is 1.37. The van der Waals surface area contributed by atoms with Gasteiger partial charge in [-0.3, -0.25) is 0 Å². The Morgan fingerprint density at radius 1 is 1.25 bits per heavy atom. The van der Waals surface area contributed by atoms with Crippen LogP contribution in [0.15, 0.2) is 24.3 Å². The number of nitrogens with two attached hydrogens (primary N) is 1. The monoisotopic (exact) mass is 251 g/mol. The van der Waals surface area contributed by atoms with E-state index in [1.54, 1.807) is 12.1 Å². The van der Waals surface area contributed by atoms with Crippen LogP contribution in [-0.4, -0.2) is 6.61 Å². The zero-order chi connectivity index (χ0) is 11.3. The van der Waals surface area contributed by atoms with Crippen molar-refractivity contribution in [2.24, 2.45) is 5.73 Å². The molecule has 0 bridgehead atoms. The second-order valence-corrected chi connectivity index (χ2v) is 3.34. The van der Waals surface area contributed by atoms with Crippen molar-refractivity contribution in [3.8, 4) is 5.75 Å². The SMILES string of the molecule is CCC[C@@H](N)c1ccc(OC(F)F)cc1.Cl. The van der Waals surface area contributed by atoms with Crippen LogP contribution >= 0.6 is 12.4 Å². The molecule has 1 aromatic carbocycles. The summed E-state index contributed by atoms with van der Waals surface area (Å²) < 4.78 is 27.9. The highest BCUT2D eigenvalue weighted by molar-refractivity contribution is 5.85. The zero-order valence-corrected chi connectivity index (χ0v) is 9.84. The van der Waals surface area contributed by atoms with E-state index in [0.29, 0.717) is 0 Å². The molecule has 0 spiro atoms. The lowest BCUT2D eigenvalue weighted by atomic mass is 10.0. The number of benzene rings is 1. The average molecular weight is 252 g/mol. The Hall–Kier alpha value is -0.870. The summed E-state index contributed by atoms with van der Waals surface area (Å²) in [5.74, 6) is 0.164. The van der Waals surface area contributed by atoms with E-state index in [9.17, 15) is 8.78 Å². The van der Waals surface area contributed by atoms with Gasteiger partial charge in [0.1, 0.15) is 5.75 Å². The maximum atomic E-state index is 11.9. The lowest BCUT2D eigenvalue weighted by molar-refractivity contribution is -0.0498. The quantitative estimate of drug-likeness (QED) is 0.869. The van der Waals surface area contributed by atoms with Gasteiger partial charge in [0.15, 0.2) is 0 Å². The first-order valence-corrected chi connectivity index (χ1v) is 4.93. The summed E-state index contributed by atoms with van der Waals surface area (Å²) in [4.78, 5) is 0. The van der Waals surface area contributed by atoms with E-state index in [-0.39, 0.29) is 24.2 Å². The summed E-state index contributed by atoms with van der Waals surface area (Å²) in [7, 11) is 0. The van der Waals surface area contributed by atoms with E-state index in [2.05, 4.69) is 4.74 Å². The smallest absolute Gasteiger partial charge is 0.387 e. The molecule has 0 aliphatic carbocycles. The van der Waals surface area contributed by atoms with Gasteiger partial charge in [-0.25, -0.2) is 0 Å². The van der Waals surface area contributed by atoms with Crippen LogP contribution in [0, 0.1) is 0 Å². The Morgan fingerprint density at radius 2 is 1.81 bits per heavy atom. The van der Waals surface area contributed by atoms with Gasteiger partial charge in [0.05, 0.1) is 0 Å². The summed E-state index contributed by atoms with van der Waals surface area (Å²) in [5.41, 5.74) is 6.81. The maximum absolute atomic E-state index is 11.9. The molecule has 16 heavy (non-hydrogen) atoms. The Bertz CT molecular complexity index is 293. The van der Waals surface area contributed by atoms with Crippen LogP contribution in [-0.2, 0) is 0 Å². The van der Waals surface area contributed by atoms with Gasteiger partial charge in [-0.2, -0.15) is 8.78 Å². The van der Waals surface area contributed by atoms with Crippen LogP contribution in [0.2, 0.25) is 0 Å². The van der Waals surface area contributed by atoms with Gasteiger partial charge in [0, 0.05) is 6.04 Å². The fourth-order valence-electron chi connectivity index (χ4n) is 1.37. The first-order chi connectivity index (χ1) is 7.13. The molecule has 2 nitrogen and oxygen atoms in total. The van der Waals surface area contributed by atoms with Crippen LogP contribution in [0.25, 0.3) is 0 Å². The minimum absolute atomic E-state index is 0. The number of rotatable bonds is 5. The van der Waals surface area contributed by atoms with Crippen molar-refractivity contribution in [2.45, 2.75) is 32.4 Å². The Labute approximate surface area is 100 Å². The number of alkyl halides is 2. The third-order valence-corrected chi connectivity index (χ3v) is 2.13. The van der Waals surface area contributed by atoms with Gasteiger partial charge in [-0.05, 0) is 24.1 Å². The largest absolute Gasteiger partial charge is 0.435 e. The molecular formula is C11H16ClF2NO. The van der Waals surface area contributed by atoms with Crippen molar-refractivity contribution in [1.82, 2.24) is 0 Å². The molecule has 2 N–H and O–H groups in total. The highest BCUT2D eigenvalue weighted by Crippen LogP contribution is 2.20. The first kappa shape index (κ1) is 15.1. The standard InChI is InChI=1S/C11H15F2NO.ClH/c1-2-3-10(14)8-4-6-9(7-5-8)15-11(12)13;/h4-7,10-11H,2-3,14H2,1H3;1H/t10-;/m1./s1. The van der Waals surface area contributed by atoms with E-state index in [4.69, 9.17) is 5.73 Å². The van der Waals surface area contributed by atoms with Crippen molar-refractivity contribution in [3.63, 3.8) is 0 Å². The molecule has 0 aromatic heterocycles. The molecule has 0 aliphatic heterocycles. The first-order valence-electron chi connectivity index (χ1n) is 4.93. The molecule has 0 saturated carbocycles. The predicted octanol–water partition coefficient (Wildman–Crippen LogP) is 3.51. The number of hydrogen-bond acceptors (Lipinski definition) is 2. The van der Waals surface area contributed by atoms with Crippen LogP contribution in [0.5, 0.6) is 5.75 Å². The van der Waals surface area contributed by atoms with Gasteiger partial charge < -0.3 is 10.5 Å². The summed E-state index contributed by atoms with van der Waals surface area (Å²) in [5, 5.41) is 0. The third kappa shape index (κ3) is 4.77. The highest BCUT2D eigenvalue weighted by atomic mass is 35.5. The van der Waals surface area contributed by atoms with Crippen LogP contribution < -0.4 is 10.5 Å². The summed E-state index contributed by atoms with van der Waals surface area (Å²) >= 11 is 0. The van der Waals surface area contributed by atoms with Gasteiger partial charge >= 0.3 is 6.61 Å². The highest BCUT2D eigenvalue weighted by Gasteiger charge is 2.06.